The van der Waals surface area contributed by atoms with E-state index in [9.17, 15) is 0 Å². The van der Waals surface area contributed by atoms with Crippen LogP contribution in [0, 0.1) is 0 Å². The molecule has 0 fully saturated rings. The molecule has 0 aliphatic rings. The first kappa shape index (κ1) is 22.7. The molecule has 0 unspecified atom stereocenters. The minimum atomic E-state index is 0.655. The summed E-state index contributed by atoms with van der Waals surface area (Å²) in [4.78, 5) is 17.5. The highest BCUT2D eigenvalue weighted by atomic mass is 16.5. The van der Waals surface area contributed by atoms with Gasteiger partial charge in [-0.3, -0.25) is 4.98 Å². The van der Waals surface area contributed by atoms with Crippen molar-refractivity contribution in [3.05, 3.63) is 84.1 Å². The van der Waals surface area contributed by atoms with E-state index in [2.05, 4.69) is 45.7 Å². The van der Waals surface area contributed by atoms with Gasteiger partial charge in [-0.15, -0.1) is 0 Å². The molecular weight excluding hydrogens is 438 g/mol. The van der Waals surface area contributed by atoms with Crippen molar-refractivity contribution in [1.29, 1.82) is 0 Å². The van der Waals surface area contributed by atoms with E-state index >= 15 is 0 Å². The molecule has 0 saturated heterocycles. The monoisotopic (exact) mass is 467 g/mol. The van der Waals surface area contributed by atoms with Crippen LogP contribution in [-0.4, -0.2) is 40.7 Å². The molecule has 3 aromatic heterocycles. The number of pyridine rings is 1. The topological polar surface area (TPSA) is 85.0 Å². The number of hydrogen-bond acceptors (Lipinski definition) is 6. The van der Waals surface area contributed by atoms with Gasteiger partial charge in [0, 0.05) is 53.4 Å². The van der Waals surface area contributed by atoms with Gasteiger partial charge in [-0.2, -0.15) is 0 Å². The molecule has 0 spiro atoms. The lowest BCUT2D eigenvalue weighted by molar-refractivity contribution is 0.356. The molecule has 7 nitrogen and oxygen atoms in total. The van der Waals surface area contributed by atoms with E-state index in [1.807, 2.05) is 36.5 Å². The summed E-state index contributed by atoms with van der Waals surface area (Å²) >= 11 is 0. The Morgan fingerprint density at radius 1 is 0.857 bits per heavy atom. The summed E-state index contributed by atoms with van der Waals surface area (Å²) in [6.45, 7) is 0.746. The number of aromatic nitrogens is 4. The Hall–Kier alpha value is -4.13. The number of ether oxygens (including phenoxy) is 2. The van der Waals surface area contributed by atoms with Gasteiger partial charge in [0.2, 0.25) is 0 Å². The van der Waals surface area contributed by atoms with Crippen LogP contribution in [0.15, 0.2) is 67.0 Å². The SMILES string of the molecule is COc1cc2nc(CCCc3ccccn3)nc(NCCc3c[nH]c4ccccc34)c2cc1OC. The third-order valence-electron chi connectivity index (χ3n) is 6.17. The number of nitrogens with zero attached hydrogens (tertiary/aromatic N) is 3. The number of fused-ring (bicyclic) bond motifs is 2. The molecule has 0 aliphatic heterocycles. The van der Waals surface area contributed by atoms with Crippen LogP contribution in [0.3, 0.4) is 0 Å². The average molecular weight is 468 g/mol. The Kier molecular flexibility index (Phi) is 6.75. The van der Waals surface area contributed by atoms with Gasteiger partial charge in [0.25, 0.3) is 0 Å². The van der Waals surface area contributed by atoms with Crippen molar-refractivity contribution in [2.75, 3.05) is 26.1 Å². The van der Waals surface area contributed by atoms with Crippen LogP contribution in [0.4, 0.5) is 5.82 Å². The molecule has 0 radical (unpaired) electrons. The molecule has 7 heteroatoms. The molecule has 178 valence electrons. The van der Waals surface area contributed by atoms with Crippen molar-refractivity contribution in [3.63, 3.8) is 0 Å². The first-order valence-electron chi connectivity index (χ1n) is 11.9. The zero-order valence-electron chi connectivity index (χ0n) is 20.0. The van der Waals surface area contributed by atoms with Crippen molar-refractivity contribution in [2.45, 2.75) is 25.7 Å². The standard InChI is InChI=1S/C28H29N5O2/c1-34-25-16-22-24(17-26(25)35-2)32-27(12-7-9-20-8-5-6-14-29-20)33-28(22)30-15-13-19-18-31-23-11-4-3-10-21(19)23/h3-6,8,10-11,14,16-18,31H,7,9,12-13,15H2,1-2H3,(H,30,32,33). The van der Waals surface area contributed by atoms with Gasteiger partial charge in [-0.25, -0.2) is 9.97 Å². The quantitative estimate of drug-likeness (QED) is 0.288. The van der Waals surface area contributed by atoms with Crippen molar-refractivity contribution in [1.82, 2.24) is 19.9 Å². The number of para-hydroxylation sites is 1. The van der Waals surface area contributed by atoms with Gasteiger partial charge < -0.3 is 19.8 Å². The van der Waals surface area contributed by atoms with Crippen LogP contribution < -0.4 is 14.8 Å². The summed E-state index contributed by atoms with van der Waals surface area (Å²) in [6.07, 6.45) is 7.36. The summed E-state index contributed by atoms with van der Waals surface area (Å²) in [7, 11) is 3.28. The van der Waals surface area contributed by atoms with E-state index in [0.29, 0.717) is 11.5 Å². The lowest BCUT2D eigenvalue weighted by Gasteiger charge is -2.14. The smallest absolute Gasteiger partial charge is 0.162 e. The Bertz CT molecular complexity index is 1430. The summed E-state index contributed by atoms with van der Waals surface area (Å²) in [5, 5.41) is 5.72. The minimum Gasteiger partial charge on any atom is -0.493 e. The van der Waals surface area contributed by atoms with E-state index in [1.165, 1.54) is 10.9 Å². The number of H-pyrrole nitrogens is 1. The third-order valence-corrected chi connectivity index (χ3v) is 6.17. The maximum absolute atomic E-state index is 5.54. The zero-order valence-corrected chi connectivity index (χ0v) is 20.0. The van der Waals surface area contributed by atoms with Crippen molar-refractivity contribution >= 4 is 27.6 Å². The second-order valence-corrected chi connectivity index (χ2v) is 8.42. The second-order valence-electron chi connectivity index (χ2n) is 8.42. The fourth-order valence-corrected chi connectivity index (χ4v) is 4.38. The van der Waals surface area contributed by atoms with Gasteiger partial charge in [0.15, 0.2) is 11.5 Å². The van der Waals surface area contributed by atoms with E-state index in [4.69, 9.17) is 19.4 Å². The van der Waals surface area contributed by atoms with E-state index in [0.717, 1.165) is 66.0 Å². The largest absolute Gasteiger partial charge is 0.493 e. The van der Waals surface area contributed by atoms with Gasteiger partial charge >= 0.3 is 0 Å². The van der Waals surface area contributed by atoms with Crippen LogP contribution in [0.5, 0.6) is 11.5 Å². The summed E-state index contributed by atoms with van der Waals surface area (Å²) in [5.41, 5.74) is 4.35. The van der Waals surface area contributed by atoms with E-state index < -0.39 is 0 Å². The van der Waals surface area contributed by atoms with Crippen LogP contribution in [0.25, 0.3) is 21.8 Å². The van der Waals surface area contributed by atoms with Crippen LogP contribution >= 0.6 is 0 Å². The molecule has 0 aliphatic carbocycles. The minimum absolute atomic E-state index is 0.655. The molecule has 2 aromatic carbocycles. The molecule has 0 saturated carbocycles. The first-order chi connectivity index (χ1) is 17.2. The Morgan fingerprint density at radius 3 is 2.51 bits per heavy atom. The maximum Gasteiger partial charge on any atom is 0.162 e. The van der Waals surface area contributed by atoms with Crippen molar-refractivity contribution in [3.8, 4) is 11.5 Å². The van der Waals surface area contributed by atoms with E-state index in [-0.39, 0.29) is 0 Å². The molecule has 0 amide bonds. The summed E-state index contributed by atoms with van der Waals surface area (Å²) < 4.78 is 11.1. The first-order valence-corrected chi connectivity index (χ1v) is 11.9. The van der Waals surface area contributed by atoms with Crippen molar-refractivity contribution < 1.29 is 9.47 Å². The lowest BCUT2D eigenvalue weighted by Crippen LogP contribution is -2.09. The summed E-state index contributed by atoms with van der Waals surface area (Å²) in [5.74, 6) is 2.92. The van der Waals surface area contributed by atoms with Gasteiger partial charge in [-0.05, 0) is 49.1 Å². The molecule has 5 rings (SSSR count). The van der Waals surface area contributed by atoms with Gasteiger partial charge in [0.1, 0.15) is 11.6 Å². The number of aryl methyl sites for hydroxylation is 2. The van der Waals surface area contributed by atoms with Crippen molar-refractivity contribution in [2.24, 2.45) is 0 Å². The predicted molar refractivity (Wildman–Crippen MR) is 139 cm³/mol. The Balaban J connectivity index is 1.39. The third kappa shape index (κ3) is 5.04. The average Bonchev–Trinajstić information content (AvgIpc) is 3.31. The number of hydrogen-bond donors (Lipinski definition) is 2. The zero-order chi connectivity index (χ0) is 24.0. The predicted octanol–water partition coefficient (Wildman–Crippen LogP) is 5.35. The molecule has 0 atom stereocenters. The number of rotatable bonds is 10. The van der Waals surface area contributed by atoms with Gasteiger partial charge in [-0.1, -0.05) is 24.3 Å². The Labute approximate surface area is 204 Å². The fourth-order valence-electron chi connectivity index (χ4n) is 4.38. The number of methoxy groups -OCH3 is 2. The van der Waals surface area contributed by atoms with Crippen LogP contribution in [0.2, 0.25) is 0 Å². The summed E-state index contributed by atoms with van der Waals surface area (Å²) in [6, 6.07) is 18.2. The second kappa shape index (κ2) is 10.4. The molecular formula is C28H29N5O2. The highest BCUT2D eigenvalue weighted by molar-refractivity contribution is 5.92. The normalized spacial score (nSPS) is 11.1. The van der Waals surface area contributed by atoms with Gasteiger partial charge in [0.05, 0.1) is 19.7 Å². The van der Waals surface area contributed by atoms with Crippen LogP contribution in [-0.2, 0) is 19.3 Å². The molecule has 2 N–H and O–H groups in total. The molecule has 35 heavy (non-hydrogen) atoms. The number of nitrogens with one attached hydrogen (secondary N) is 2. The molecule has 3 heterocycles. The number of benzene rings is 2. The fraction of sp³-hybridized carbons (Fsp3) is 0.250. The van der Waals surface area contributed by atoms with E-state index in [1.54, 1.807) is 14.2 Å². The number of aromatic amines is 1. The molecule has 5 aromatic rings. The Morgan fingerprint density at radius 2 is 1.69 bits per heavy atom. The lowest BCUT2D eigenvalue weighted by atomic mass is 10.1. The molecule has 0 bridgehead atoms. The maximum atomic E-state index is 5.54. The van der Waals surface area contributed by atoms with Crippen LogP contribution in [0.1, 0.15) is 23.5 Å². The highest BCUT2D eigenvalue weighted by Crippen LogP contribution is 2.34. The number of anilines is 1. The highest BCUT2D eigenvalue weighted by Gasteiger charge is 2.14.